The van der Waals surface area contributed by atoms with E-state index in [-0.39, 0.29) is 25.5 Å². The fraction of sp³-hybridized carbons (Fsp3) is 0.143. The van der Waals surface area contributed by atoms with Crippen LogP contribution in [0.25, 0.3) is 0 Å². The molecule has 27 heavy (non-hydrogen) atoms. The molecule has 0 saturated carbocycles. The number of ether oxygens (including phenoxy) is 1. The maximum absolute atomic E-state index is 14.0. The van der Waals surface area contributed by atoms with Crippen molar-refractivity contribution >= 4 is 5.78 Å². The summed E-state index contributed by atoms with van der Waals surface area (Å²) < 4.78 is 20.5. The van der Waals surface area contributed by atoms with E-state index in [0.29, 0.717) is 11.1 Å². The maximum atomic E-state index is 14.0. The third-order valence-electron chi connectivity index (χ3n) is 4.07. The van der Waals surface area contributed by atoms with Crippen LogP contribution in [0.3, 0.4) is 0 Å². The first-order valence-corrected chi connectivity index (χ1v) is 8.37. The van der Waals surface area contributed by atoms with Crippen LogP contribution < -0.4 is 10.3 Å². The van der Waals surface area contributed by atoms with Crippen LogP contribution in [0.15, 0.2) is 71.7 Å². The molecule has 0 aliphatic carbocycles. The lowest BCUT2D eigenvalue weighted by atomic mass is 10.1. The molecular formula is C21H18FNO4. The molecule has 0 unspecified atom stereocenters. The molecule has 0 aliphatic rings. The van der Waals surface area contributed by atoms with Crippen LogP contribution in [0.2, 0.25) is 0 Å². The number of halogens is 1. The quantitative estimate of drug-likeness (QED) is 0.652. The molecule has 3 aromatic rings. The monoisotopic (exact) mass is 367 g/mol. The van der Waals surface area contributed by atoms with Crippen molar-refractivity contribution in [2.75, 3.05) is 0 Å². The summed E-state index contributed by atoms with van der Waals surface area (Å²) in [7, 11) is 0. The number of aliphatic hydroxyl groups excluding tert-OH is 1. The number of pyridine rings is 1. The van der Waals surface area contributed by atoms with Gasteiger partial charge in [0.15, 0.2) is 11.6 Å². The summed E-state index contributed by atoms with van der Waals surface area (Å²) in [5, 5.41) is 9.05. The van der Waals surface area contributed by atoms with Gasteiger partial charge in [-0.05, 0) is 17.2 Å². The molecule has 3 rings (SSSR count). The van der Waals surface area contributed by atoms with Crippen LogP contribution in [-0.4, -0.2) is 15.5 Å². The predicted molar refractivity (Wildman–Crippen MR) is 98.1 cm³/mol. The average Bonchev–Trinajstić information content (AvgIpc) is 2.71. The van der Waals surface area contributed by atoms with Gasteiger partial charge in [0, 0.05) is 11.8 Å². The second-order valence-corrected chi connectivity index (χ2v) is 5.98. The average molecular weight is 367 g/mol. The molecular weight excluding hydrogens is 349 g/mol. The lowest BCUT2D eigenvalue weighted by Crippen LogP contribution is -2.26. The summed E-state index contributed by atoms with van der Waals surface area (Å²) in [4.78, 5) is 24.9. The molecule has 0 bridgehead atoms. The number of carbonyl (C=O) groups is 1. The largest absolute Gasteiger partial charge is 0.481 e. The van der Waals surface area contributed by atoms with Gasteiger partial charge in [-0.25, -0.2) is 4.39 Å². The Morgan fingerprint density at radius 3 is 2.37 bits per heavy atom. The fourth-order valence-corrected chi connectivity index (χ4v) is 2.56. The van der Waals surface area contributed by atoms with Crippen molar-refractivity contribution in [2.45, 2.75) is 19.8 Å². The topological polar surface area (TPSA) is 68.5 Å². The van der Waals surface area contributed by atoms with Gasteiger partial charge >= 0.3 is 0 Å². The van der Waals surface area contributed by atoms with Crippen molar-refractivity contribution in [2.24, 2.45) is 0 Å². The molecule has 0 fully saturated rings. The minimum Gasteiger partial charge on any atom is -0.481 e. The van der Waals surface area contributed by atoms with Gasteiger partial charge in [-0.2, -0.15) is 0 Å². The Morgan fingerprint density at radius 1 is 1.00 bits per heavy atom. The van der Waals surface area contributed by atoms with Crippen molar-refractivity contribution in [3.05, 3.63) is 99.7 Å². The van der Waals surface area contributed by atoms with E-state index < -0.39 is 17.1 Å². The molecule has 0 spiro atoms. The van der Waals surface area contributed by atoms with Crippen LogP contribution in [-0.2, 0) is 19.8 Å². The summed E-state index contributed by atoms with van der Waals surface area (Å²) in [6.07, 6.45) is 1.23. The molecule has 2 aromatic carbocycles. The highest BCUT2D eigenvalue weighted by Crippen LogP contribution is 2.13. The Labute approximate surface area is 155 Å². The zero-order valence-electron chi connectivity index (χ0n) is 14.5. The number of carbonyl (C=O) groups excluding carboxylic acids is 1. The summed E-state index contributed by atoms with van der Waals surface area (Å²) >= 11 is 0. The number of hydrogen-bond donors (Lipinski definition) is 1. The van der Waals surface area contributed by atoms with Crippen LogP contribution in [0.5, 0.6) is 5.75 Å². The second-order valence-electron chi connectivity index (χ2n) is 5.98. The summed E-state index contributed by atoms with van der Waals surface area (Å²) in [6.45, 7) is -0.305. The first kappa shape index (κ1) is 18.5. The molecule has 6 heteroatoms. The molecule has 138 valence electrons. The van der Waals surface area contributed by atoms with Gasteiger partial charge in [-0.3, -0.25) is 9.59 Å². The van der Waals surface area contributed by atoms with E-state index in [1.54, 1.807) is 36.4 Å². The van der Waals surface area contributed by atoms with E-state index in [1.807, 2.05) is 18.2 Å². The molecule has 1 N–H and O–H groups in total. The first-order valence-electron chi connectivity index (χ1n) is 8.37. The van der Waals surface area contributed by atoms with Crippen LogP contribution in [0.1, 0.15) is 21.5 Å². The Kier molecular flexibility index (Phi) is 5.78. The molecule has 0 atom stereocenters. The number of Topliss-reactive ketones (excluding diaryl/α,β-unsaturated/α-hetero) is 1. The molecule has 5 nitrogen and oxygen atoms in total. The molecule has 1 heterocycles. The van der Waals surface area contributed by atoms with Crippen molar-refractivity contribution in [1.82, 2.24) is 4.57 Å². The third kappa shape index (κ3) is 4.48. The lowest BCUT2D eigenvalue weighted by Gasteiger charge is -2.10. The highest BCUT2D eigenvalue weighted by atomic mass is 19.1. The lowest BCUT2D eigenvalue weighted by molar-refractivity contribution is 0.0970. The Balaban J connectivity index is 1.77. The molecule has 0 amide bonds. The zero-order valence-corrected chi connectivity index (χ0v) is 14.5. The van der Waals surface area contributed by atoms with Crippen molar-refractivity contribution < 1.29 is 19.0 Å². The molecule has 0 aliphatic heterocycles. The van der Waals surface area contributed by atoms with Gasteiger partial charge in [0.2, 0.25) is 5.75 Å². The maximum Gasteiger partial charge on any atom is 0.296 e. The Morgan fingerprint density at radius 2 is 1.70 bits per heavy atom. The Bertz CT molecular complexity index is 981. The zero-order chi connectivity index (χ0) is 19.2. The molecule has 0 saturated heterocycles. The standard InChI is InChI=1S/C21H18FNO4/c22-18-10-11-23(12-19(25)17-8-6-15(13-24)7-9-17)21(26)20(18)27-14-16-4-2-1-3-5-16/h1-11,24H,12-14H2. The summed E-state index contributed by atoms with van der Waals surface area (Å²) in [5.74, 6) is -1.49. The molecule has 1 aromatic heterocycles. The number of nitrogens with zero attached hydrogens (tertiary/aromatic N) is 1. The van der Waals surface area contributed by atoms with Gasteiger partial charge in [0.05, 0.1) is 13.2 Å². The normalized spacial score (nSPS) is 10.6. The highest BCUT2D eigenvalue weighted by Gasteiger charge is 2.15. The van der Waals surface area contributed by atoms with Gasteiger partial charge in [-0.1, -0.05) is 54.6 Å². The predicted octanol–water partition coefficient (Wildman–Crippen LogP) is 2.94. The van der Waals surface area contributed by atoms with E-state index in [4.69, 9.17) is 9.84 Å². The minimum atomic E-state index is -0.771. The number of hydrogen-bond acceptors (Lipinski definition) is 4. The number of aliphatic hydroxyl groups is 1. The summed E-state index contributed by atoms with van der Waals surface area (Å²) in [5.41, 5.74) is 1.18. The van der Waals surface area contributed by atoms with Crippen LogP contribution >= 0.6 is 0 Å². The van der Waals surface area contributed by atoms with Gasteiger partial charge in [0.25, 0.3) is 5.56 Å². The van der Waals surface area contributed by atoms with Crippen molar-refractivity contribution in [3.8, 4) is 5.75 Å². The summed E-state index contributed by atoms with van der Waals surface area (Å²) in [6, 6.07) is 16.6. The van der Waals surface area contributed by atoms with E-state index >= 15 is 0 Å². The van der Waals surface area contributed by atoms with E-state index in [2.05, 4.69) is 0 Å². The number of aromatic nitrogens is 1. The molecule has 0 radical (unpaired) electrons. The van der Waals surface area contributed by atoms with Gasteiger partial charge in [0.1, 0.15) is 6.61 Å². The van der Waals surface area contributed by atoms with Crippen molar-refractivity contribution in [3.63, 3.8) is 0 Å². The van der Waals surface area contributed by atoms with Crippen LogP contribution in [0.4, 0.5) is 4.39 Å². The fourth-order valence-electron chi connectivity index (χ4n) is 2.56. The van der Waals surface area contributed by atoms with E-state index in [0.717, 1.165) is 16.2 Å². The highest BCUT2D eigenvalue weighted by molar-refractivity contribution is 5.95. The number of rotatable bonds is 7. The SMILES string of the molecule is O=C(Cn1ccc(F)c(OCc2ccccc2)c1=O)c1ccc(CO)cc1. The third-order valence-corrected chi connectivity index (χ3v) is 4.07. The van der Waals surface area contributed by atoms with Crippen molar-refractivity contribution in [1.29, 1.82) is 0 Å². The smallest absolute Gasteiger partial charge is 0.296 e. The Hall–Kier alpha value is -3.25. The second kappa shape index (κ2) is 8.42. The van der Waals surface area contributed by atoms with E-state index in [9.17, 15) is 14.0 Å². The minimum absolute atomic E-state index is 0.0492. The van der Waals surface area contributed by atoms with Gasteiger partial charge in [-0.15, -0.1) is 0 Å². The number of ketones is 1. The first-order chi connectivity index (χ1) is 13.1. The van der Waals surface area contributed by atoms with Gasteiger partial charge < -0.3 is 14.4 Å². The number of benzene rings is 2. The van der Waals surface area contributed by atoms with E-state index in [1.165, 1.54) is 6.20 Å². The van der Waals surface area contributed by atoms with Crippen LogP contribution in [0, 0.1) is 5.82 Å².